The van der Waals surface area contributed by atoms with Gasteiger partial charge in [-0.25, -0.2) is 13.1 Å². The molecule has 0 atom stereocenters. The van der Waals surface area contributed by atoms with Gasteiger partial charge in [-0.1, -0.05) is 31.4 Å². The van der Waals surface area contributed by atoms with Gasteiger partial charge >= 0.3 is 0 Å². The molecule has 1 aliphatic rings. The van der Waals surface area contributed by atoms with Gasteiger partial charge in [0.05, 0.1) is 21.1 Å². The summed E-state index contributed by atoms with van der Waals surface area (Å²) in [6.45, 7) is -0.179. The summed E-state index contributed by atoms with van der Waals surface area (Å²) in [5.74, 6) is -0.712. The highest BCUT2D eigenvalue weighted by atomic mass is 32.2. The van der Waals surface area contributed by atoms with Crippen molar-refractivity contribution in [1.82, 2.24) is 10.0 Å². The minimum absolute atomic E-state index is 0.129. The zero-order valence-electron chi connectivity index (χ0n) is 18.0. The van der Waals surface area contributed by atoms with Gasteiger partial charge in [-0.2, -0.15) is 0 Å². The van der Waals surface area contributed by atoms with E-state index in [0.717, 1.165) is 49.9 Å². The summed E-state index contributed by atoms with van der Waals surface area (Å²) in [6, 6.07) is 11.2. The molecule has 0 bridgehead atoms. The first-order chi connectivity index (χ1) is 15.8. The Morgan fingerprint density at radius 3 is 2.33 bits per heavy atom. The SMILES string of the molecule is O=C(CCNS(=O)(=O)c1ccc([N+](=O)[O-])cc1)Nc1ccccc1C(=O)NC1CCCCC1. The van der Waals surface area contributed by atoms with Crippen molar-refractivity contribution in [1.29, 1.82) is 0 Å². The summed E-state index contributed by atoms with van der Waals surface area (Å²) >= 11 is 0. The molecule has 3 rings (SSSR count). The number of rotatable bonds is 9. The monoisotopic (exact) mass is 474 g/mol. The van der Waals surface area contributed by atoms with Gasteiger partial charge in [0.2, 0.25) is 15.9 Å². The molecule has 33 heavy (non-hydrogen) atoms. The number of carbonyl (C=O) groups excluding carboxylic acids is 2. The highest BCUT2D eigenvalue weighted by molar-refractivity contribution is 7.89. The lowest BCUT2D eigenvalue weighted by atomic mass is 9.95. The maximum absolute atomic E-state index is 12.7. The van der Waals surface area contributed by atoms with Gasteiger partial charge in [0.1, 0.15) is 0 Å². The van der Waals surface area contributed by atoms with Gasteiger partial charge < -0.3 is 10.6 Å². The van der Waals surface area contributed by atoms with Gasteiger partial charge in [-0.05, 0) is 37.1 Å². The molecule has 2 amide bonds. The van der Waals surface area contributed by atoms with Crippen LogP contribution < -0.4 is 15.4 Å². The number of nitrogens with one attached hydrogen (secondary N) is 3. The van der Waals surface area contributed by atoms with E-state index in [2.05, 4.69) is 15.4 Å². The van der Waals surface area contributed by atoms with E-state index in [1.807, 2.05) is 0 Å². The van der Waals surface area contributed by atoms with Crippen LogP contribution in [-0.2, 0) is 14.8 Å². The Morgan fingerprint density at radius 1 is 1.00 bits per heavy atom. The van der Waals surface area contributed by atoms with Crippen LogP contribution in [0.4, 0.5) is 11.4 Å². The lowest BCUT2D eigenvalue weighted by Gasteiger charge is -2.23. The largest absolute Gasteiger partial charge is 0.349 e. The summed E-state index contributed by atoms with van der Waals surface area (Å²) < 4.78 is 26.9. The number of benzene rings is 2. The molecule has 0 heterocycles. The quantitative estimate of drug-likeness (QED) is 0.376. The summed E-state index contributed by atoms with van der Waals surface area (Å²) in [4.78, 5) is 35.0. The molecular weight excluding hydrogens is 448 g/mol. The average molecular weight is 475 g/mol. The van der Waals surface area contributed by atoms with Crippen molar-refractivity contribution >= 4 is 33.2 Å². The minimum Gasteiger partial charge on any atom is -0.349 e. The zero-order valence-corrected chi connectivity index (χ0v) is 18.8. The molecule has 0 aromatic heterocycles. The van der Waals surface area contributed by atoms with E-state index >= 15 is 0 Å². The molecule has 2 aromatic carbocycles. The zero-order chi connectivity index (χ0) is 23.8. The van der Waals surface area contributed by atoms with Crippen LogP contribution in [0.3, 0.4) is 0 Å². The fourth-order valence-electron chi connectivity index (χ4n) is 3.64. The van der Waals surface area contributed by atoms with E-state index in [9.17, 15) is 28.1 Å². The third-order valence-corrected chi connectivity index (χ3v) is 6.87. The van der Waals surface area contributed by atoms with Crippen LogP contribution in [0.5, 0.6) is 0 Å². The lowest BCUT2D eigenvalue weighted by Crippen LogP contribution is -2.36. The van der Waals surface area contributed by atoms with Gasteiger partial charge in [0.25, 0.3) is 11.6 Å². The van der Waals surface area contributed by atoms with Crippen LogP contribution >= 0.6 is 0 Å². The van der Waals surface area contributed by atoms with Gasteiger partial charge in [0, 0.05) is 31.1 Å². The number of non-ortho nitro benzene ring substituents is 1. The van der Waals surface area contributed by atoms with E-state index in [1.165, 1.54) is 6.42 Å². The second-order valence-corrected chi connectivity index (χ2v) is 9.57. The fourth-order valence-corrected chi connectivity index (χ4v) is 4.67. The van der Waals surface area contributed by atoms with E-state index < -0.39 is 20.9 Å². The Morgan fingerprint density at radius 2 is 1.67 bits per heavy atom. The number of para-hydroxylation sites is 1. The number of anilines is 1. The molecule has 176 valence electrons. The molecule has 3 N–H and O–H groups in total. The van der Waals surface area contributed by atoms with E-state index in [0.29, 0.717) is 11.3 Å². The third kappa shape index (κ3) is 6.83. The molecule has 11 heteroatoms. The summed E-state index contributed by atoms with van der Waals surface area (Å²) in [6.07, 6.45) is 5.06. The van der Waals surface area contributed by atoms with Crippen LogP contribution in [0, 0.1) is 10.1 Å². The van der Waals surface area contributed by atoms with E-state index in [1.54, 1.807) is 24.3 Å². The third-order valence-electron chi connectivity index (χ3n) is 5.39. The van der Waals surface area contributed by atoms with Crippen LogP contribution in [0.2, 0.25) is 0 Å². The van der Waals surface area contributed by atoms with E-state index in [-0.39, 0.29) is 35.5 Å². The molecule has 0 unspecified atom stereocenters. The van der Waals surface area contributed by atoms with Crippen molar-refractivity contribution in [2.45, 2.75) is 49.5 Å². The number of amides is 2. The van der Waals surface area contributed by atoms with Crippen molar-refractivity contribution in [3.8, 4) is 0 Å². The maximum Gasteiger partial charge on any atom is 0.269 e. The van der Waals surface area contributed by atoms with Crippen molar-refractivity contribution in [3.05, 3.63) is 64.2 Å². The number of nitrogens with zero attached hydrogens (tertiary/aromatic N) is 1. The molecule has 0 aliphatic heterocycles. The van der Waals surface area contributed by atoms with Gasteiger partial charge in [0.15, 0.2) is 0 Å². The standard InChI is InChI=1S/C22H26N4O6S/c27-21(14-15-23-33(31,32)18-12-10-17(11-13-18)26(29)30)25-20-9-5-4-8-19(20)22(28)24-16-6-2-1-3-7-16/h4-5,8-13,16,23H,1-3,6-7,14-15H2,(H,24,28)(H,25,27). The van der Waals surface area contributed by atoms with Crippen molar-refractivity contribution in [2.24, 2.45) is 0 Å². The molecule has 0 spiro atoms. The maximum atomic E-state index is 12.7. The number of nitro benzene ring substituents is 1. The highest BCUT2D eigenvalue weighted by Crippen LogP contribution is 2.20. The number of nitro groups is 1. The molecule has 0 radical (unpaired) electrons. The Kier molecular flexibility index (Phi) is 8.12. The fraction of sp³-hybridized carbons (Fsp3) is 0.364. The lowest BCUT2D eigenvalue weighted by molar-refractivity contribution is -0.384. The predicted molar refractivity (Wildman–Crippen MR) is 122 cm³/mol. The van der Waals surface area contributed by atoms with Crippen LogP contribution in [0.25, 0.3) is 0 Å². The summed E-state index contributed by atoms with van der Waals surface area (Å²) in [5, 5.41) is 16.4. The summed E-state index contributed by atoms with van der Waals surface area (Å²) in [7, 11) is -3.93. The Labute approximate surface area is 192 Å². The van der Waals surface area contributed by atoms with Crippen molar-refractivity contribution < 1.29 is 22.9 Å². The Bertz CT molecular complexity index is 1110. The first-order valence-corrected chi connectivity index (χ1v) is 12.2. The topological polar surface area (TPSA) is 148 Å². The van der Waals surface area contributed by atoms with Gasteiger partial charge in [-0.15, -0.1) is 0 Å². The van der Waals surface area contributed by atoms with Crippen LogP contribution in [-0.4, -0.2) is 37.7 Å². The molecule has 1 aliphatic carbocycles. The molecule has 1 fully saturated rings. The second kappa shape index (κ2) is 11.0. The number of hydrogen-bond donors (Lipinski definition) is 3. The normalized spacial score (nSPS) is 14.4. The molecule has 10 nitrogen and oxygen atoms in total. The smallest absolute Gasteiger partial charge is 0.269 e. The van der Waals surface area contributed by atoms with Crippen LogP contribution in [0.15, 0.2) is 53.4 Å². The Hall–Kier alpha value is -3.31. The second-order valence-electron chi connectivity index (χ2n) is 7.80. The predicted octanol–water partition coefficient (Wildman–Crippen LogP) is 2.96. The molecule has 1 saturated carbocycles. The molecular formula is C22H26N4O6S. The molecule has 2 aromatic rings. The first-order valence-electron chi connectivity index (χ1n) is 10.7. The minimum atomic E-state index is -3.93. The molecule has 0 saturated heterocycles. The number of carbonyl (C=O) groups is 2. The van der Waals surface area contributed by atoms with Crippen LogP contribution in [0.1, 0.15) is 48.9 Å². The number of hydrogen-bond acceptors (Lipinski definition) is 6. The average Bonchev–Trinajstić information content (AvgIpc) is 2.80. The number of sulfonamides is 1. The van der Waals surface area contributed by atoms with Crippen molar-refractivity contribution in [3.63, 3.8) is 0 Å². The Balaban J connectivity index is 1.54. The van der Waals surface area contributed by atoms with E-state index in [4.69, 9.17) is 0 Å². The highest BCUT2D eigenvalue weighted by Gasteiger charge is 2.20. The van der Waals surface area contributed by atoms with Crippen molar-refractivity contribution in [2.75, 3.05) is 11.9 Å². The first kappa shape index (κ1) is 24.3. The van der Waals surface area contributed by atoms with Gasteiger partial charge in [-0.3, -0.25) is 19.7 Å². The summed E-state index contributed by atoms with van der Waals surface area (Å²) in [5.41, 5.74) is 0.483.